The van der Waals surface area contributed by atoms with Gasteiger partial charge in [-0.3, -0.25) is 0 Å². The van der Waals surface area contributed by atoms with Gasteiger partial charge in [-0.2, -0.15) is 0 Å². The van der Waals surface area contributed by atoms with Crippen LogP contribution in [-0.4, -0.2) is 32.4 Å². The van der Waals surface area contributed by atoms with Crippen molar-refractivity contribution in [3.63, 3.8) is 0 Å². The molecule has 4 heteroatoms. The summed E-state index contributed by atoms with van der Waals surface area (Å²) in [6.45, 7) is 5.23. The first kappa shape index (κ1) is 13.3. The van der Waals surface area contributed by atoms with Crippen LogP contribution in [0.1, 0.15) is 13.3 Å². The second kappa shape index (κ2) is 6.71. The van der Waals surface area contributed by atoms with Crippen LogP contribution in [0.2, 0.25) is 0 Å². The molecule has 1 saturated heterocycles. The molecule has 100 valence electrons. The molecule has 0 saturated carbocycles. The summed E-state index contributed by atoms with van der Waals surface area (Å²) in [5.74, 6) is 0.917. The molecule has 0 aromatic heterocycles. The van der Waals surface area contributed by atoms with Crippen molar-refractivity contribution in [2.75, 3.05) is 26.3 Å². The summed E-state index contributed by atoms with van der Waals surface area (Å²) in [6.07, 6.45) is 1.13. The molecule has 2 atom stereocenters. The molecule has 3 nitrogen and oxygen atoms in total. The highest BCUT2D eigenvalue weighted by atomic mass is 19.1. The van der Waals surface area contributed by atoms with Crippen LogP contribution in [-0.2, 0) is 4.74 Å². The lowest BCUT2D eigenvalue weighted by Gasteiger charge is -2.24. The number of nitrogens with one attached hydrogen (secondary N) is 1. The SMILES string of the molecule is CCOC[C@H](Oc1ccc(F)cc1)[C@H]1CCNC1. The molecule has 0 unspecified atom stereocenters. The topological polar surface area (TPSA) is 30.5 Å². The van der Waals surface area contributed by atoms with Crippen LogP contribution in [0.25, 0.3) is 0 Å². The van der Waals surface area contributed by atoms with Gasteiger partial charge in [0.2, 0.25) is 0 Å². The van der Waals surface area contributed by atoms with Crippen LogP contribution in [0.3, 0.4) is 0 Å². The Balaban J connectivity index is 1.97. The third-order valence-corrected chi connectivity index (χ3v) is 3.21. The van der Waals surface area contributed by atoms with Crippen molar-refractivity contribution in [1.29, 1.82) is 0 Å². The molecule has 1 aliphatic heterocycles. The van der Waals surface area contributed by atoms with E-state index >= 15 is 0 Å². The van der Waals surface area contributed by atoms with E-state index in [9.17, 15) is 4.39 Å². The van der Waals surface area contributed by atoms with Crippen molar-refractivity contribution in [3.05, 3.63) is 30.1 Å². The predicted octanol–water partition coefficient (Wildman–Crippen LogP) is 2.22. The van der Waals surface area contributed by atoms with E-state index in [2.05, 4.69) is 5.32 Å². The van der Waals surface area contributed by atoms with Gasteiger partial charge >= 0.3 is 0 Å². The standard InChI is InChI=1S/C14H20FNO2/c1-2-17-10-14(11-7-8-16-9-11)18-13-5-3-12(15)4-6-13/h3-6,11,14,16H,2,7-10H2,1H3/t11-,14-/m0/s1. The molecule has 0 aliphatic carbocycles. The van der Waals surface area contributed by atoms with Gasteiger partial charge in [0.15, 0.2) is 0 Å². The highest BCUT2D eigenvalue weighted by Crippen LogP contribution is 2.20. The summed E-state index contributed by atoms with van der Waals surface area (Å²) >= 11 is 0. The van der Waals surface area contributed by atoms with E-state index in [1.54, 1.807) is 12.1 Å². The number of halogens is 1. The summed E-state index contributed by atoms with van der Waals surface area (Å²) in [4.78, 5) is 0. The predicted molar refractivity (Wildman–Crippen MR) is 68.3 cm³/mol. The van der Waals surface area contributed by atoms with Crippen molar-refractivity contribution in [3.8, 4) is 5.75 Å². The maximum atomic E-state index is 12.8. The monoisotopic (exact) mass is 253 g/mol. The van der Waals surface area contributed by atoms with Crippen LogP contribution in [0, 0.1) is 11.7 Å². The zero-order valence-corrected chi connectivity index (χ0v) is 10.7. The quantitative estimate of drug-likeness (QED) is 0.843. The Kier molecular flexibility index (Phi) is 4.96. The Labute approximate surface area is 107 Å². The molecule has 1 aromatic carbocycles. The Morgan fingerprint density at radius 1 is 1.39 bits per heavy atom. The highest BCUT2D eigenvalue weighted by Gasteiger charge is 2.26. The van der Waals surface area contributed by atoms with Gasteiger partial charge in [-0.25, -0.2) is 4.39 Å². The van der Waals surface area contributed by atoms with Gasteiger partial charge in [0.1, 0.15) is 17.7 Å². The Hall–Kier alpha value is -1.13. The van der Waals surface area contributed by atoms with Gasteiger partial charge in [-0.05, 0) is 44.2 Å². The molecule has 1 aliphatic rings. The van der Waals surface area contributed by atoms with Gasteiger partial charge in [-0.1, -0.05) is 0 Å². The minimum atomic E-state index is -0.244. The number of ether oxygens (including phenoxy) is 2. The lowest BCUT2D eigenvalue weighted by Crippen LogP contribution is -2.33. The van der Waals surface area contributed by atoms with E-state index in [0.717, 1.165) is 19.5 Å². The van der Waals surface area contributed by atoms with Crippen LogP contribution in [0.4, 0.5) is 4.39 Å². The van der Waals surface area contributed by atoms with E-state index in [0.29, 0.717) is 24.9 Å². The number of benzene rings is 1. The summed E-state index contributed by atoms with van der Waals surface area (Å²) in [7, 11) is 0. The fraction of sp³-hybridized carbons (Fsp3) is 0.571. The lowest BCUT2D eigenvalue weighted by atomic mass is 10.0. The molecule has 2 rings (SSSR count). The van der Waals surface area contributed by atoms with Crippen molar-refractivity contribution < 1.29 is 13.9 Å². The van der Waals surface area contributed by atoms with E-state index in [-0.39, 0.29) is 11.9 Å². The van der Waals surface area contributed by atoms with Crippen LogP contribution < -0.4 is 10.1 Å². The van der Waals surface area contributed by atoms with Gasteiger partial charge in [-0.15, -0.1) is 0 Å². The van der Waals surface area contributed by atoms with Gasteiger partial charge in [0.25, 0.3) is 0 Å². The molecule has 1 N–H and O–H groups in total. The number of hydrogen-bond donors (Lipinski definition) is 1. The lowest BCUT2D eigenvalue weighted by molar-refractivity contribution is 0.0291. The molecule has 1 aromatic rings. The van der Waals surface area contributed by atoms with Crippen molar-refractivity contribution in [1.82, 2.24) is 5.32 Å². The molecule has 0 amide bonds. The van der Waals surface area contributed by atoms with E-state index < -0.39 is 0 Å². The van der Waals surface area contributed by atoms with Crippen molar-refractivity contribution in [2.45, 2.75) is 19.4 Å². The number of rotatable bonds is 6. The Bertz CT molecular complexity index is 349. The van der Waals surface area contributed by atoms with Gasteiger partial charge in [0.05, 0.1) is 6.61 Å². The molecule has 1 fully saturated rings. The first-order valence-corrected chi connectivity index (χ1v) is 6.50. The second-order valence-corrected chi connectivity index (χ2v) is 4.52. The molecule has 1 heterocycles. The fourth-order valence-corrected chi connectivity index (χ4v) is 2.18. The smallest absolute Gasteiger partial charge is 0.126 e. The molecule has 18 heavy (non-hydrogen) atoms. The molecule has 0 spiro atoms. The maximum Gasteiger partial charge on any atom is 0.126 e. The zero-order chi connectivity index (χ0) is 12.8. The minimum Gasteiger partial charge on any atom is -0.488 e. The van der Waals surface area contributed by atoms with Crippen molar-refractivity contribution in [2.24, 2.45) is 5.92 Å². The van der Waals surface area contributed by atoms with Crippen LogP contribution in [0.5, 0.6) is 5.75 Å². The van der Waals surface area contributed by atoms with Gasteiger partial charge < -0.3 is 14.8 Å². The zero-order valence-electron chi connectivity index (χ0n) is 10.7. The second-order valence-electron chi connectivity index (χ2n) is 4.52. The average molecular weight is 253 g/mol. The Morgan fingerprint density at radius 2 is 2.17 bits per heavy atom. The Morgan fingerprint density at radius 3 is 2.78 bits per heavy atom. The third-order valence-electron chi connectivity index (χ3n) is 3.21. The first-order valence-electron chi connectivity index (χ1n) is 6.50. The highest BCUT2D eigenvalue weighted by molar-refractivity contribution is 5.22. The molecule has 0 bridgehead atoms. The largest absolute Gasteiger partial charge is 0.488 e. The van der Waals surface area contributed by atoms with E-state index in [4.69, 9.17) is 9.47 Å². The first-order chi connectivity index (χ1) is 8.79. The van der Waals surface area contributed by atoms with Crippen molar-refractivity contribution >= 4 is 0 Å². The normalized spacial score (nSPS) is 20.9. The molecule has 0 radical (unpaired) electrons. The summed E-state index contributed by atoms with van der Waals surface area (Å²) in [5.41, 5.74) is 0. The molecular weight excluding hydrogens is 233 g/mol. The average Bonchev–Trinajstić information content (AvgIpc) is 2.90. The number of hydrogen-bond acceptors (Lipinski definition) is 3. The summed E-state index contributed by atoms with van der Waals surface area (Å²) in [5, 5.41) is 3.33. The van der Waals surface area contributed by atoms with Crippen LogP contribution in [0.15, 0.2) is 24.3 Å². The van der Waals surface area contributed by atoms with E-state index in [1.807, 2.05) is 6.92 Å². The minimum absolute atomic E-state index is 0.0328. The maximum absolute atomic E-state index is 12.8. The van der Waals surface area contributed by atoms with Gasteiger partial charge in [0, 0.05) is 19.1 Å². The van der Waals surface area contributed by atoms with E-state index in [1.165, 1.54) is 12.1 Å². The fourth-order valence-electron chi connectivity index (χ4n) is 2.18. The summed E-state index contributed by atoms with van der Waals surface area (Å²) in [6, 6.07) is 6.16. The summed E-state index contributed by atoms with van der Waals surface area (Å²) < 4.78 is 24.2. The van der Waals surface area contributed by atoms with Crippen LogP contribution >= 0.6 is 0 Å². The third kappa shape index (κ3) is 3.68. The molecular formula is C14H20FNO2.